The summed E-state index contributed by atoms with van der Waals surface area (Å²) in [5, 5.41) is 17.5. The summed E-state index contributed by atoms with van der Waals surface area (Å²) in [5.74, 6) is -0.895. The van der Waals surface area contributed by atoms with Gasteiger partial charge in [0.15, 0.2) is 0 Å². The number of fused-ring (bicyclic) bond motifs is 1. The van der Waals surface area contributed by atoms with Gasteiger partial charge in [0.1, 0.15) is 4.88 Å². The van der Waals surface area contributed by atoms with Gasteiger partial charge < -0.3 is 5.11 Å². The van der Waals surface area contributed by atoms with Crippen molar-refractivity contribution in [2.45, 2.75) is 0 Å². The highest BCUT2D eigenvalue weighted by Gasteiger charge is 2.09. The number of benzene rings is 1. The molecule has 0 radical (unpaired) electrons. The van der Waals surface area contributed by atoms with Crippen LogP contribution in [0.4, 0.5) is 0 Å². The van der Waals surface area contributed by atoms with E-state index < -0.39 is 5.97 Å². The van der Waals surface area contributed by atoms with Crippen LogP contribution in [-0.2, 0) is 0 Å². The first-order chi connectivity index (χ1) is 8.24. The summed E-state index contributed by atoms with van der Waals surface area (Å²) in [4.78, 5) is 11.2. The summed E-state index contributed by atoms with van der Waals surface area (Å²) >= 11 is 1.26. The number of carboxylic acids is 1. The molecule has 17 heavy (non-hydrogen) atoms. The molecule has 0 amide bonds. The van der Waals surface area contributed by atoms with E-state index in [2.05, 4.69) is 10.3 Å². The third-order valence-electron chi connectivity index (χ3n) is 2.40. The Labute approximate surface area is 99.9 Å². The zero-order valence-corrected chi connectivity index (χ0v) is 9.39. The Morgan fingerprint density at radius 2 is 2.24 bits per heavy atom. The number of rotatable bonds is 2. The minimum atomic E-state index is -0.895. The van der Waals surface area contributed by atoms with Crippen molar-refractivity contribution in [2.24, 2.45) is 0 Å². The van der Waals surface area contributed by atoms with E-state index in [0.29, 0.717) is 4.88 Å². The molecule has 0 saturated carbocycles. The van der Waals surface area contributed by atoms with Crippen molar-refractivity contribution in [1.29, 1.82) is 0 Å². The molecule has 3 aromatic rings. The van der Waals surface area contributed by atoms with Crippen LogP contribution in [0.15, 0.2) is 36.7 Å². The third-order valence-corrected chi connectivity index (χ3v) is 3.49. The van der Waals surface area contributed by atoms with Gasteiger partial charge in [-0.25, -0.2) is 9.48 Å². The van der Waals surface area contributed by atoms with Gasteiger partial charge in [-0.1, -0.05) is 11.3 Å². The van der Waals surface area contributed by atoms with Crippen LogP contribution in [0.3, 0.4) is 0 Å². The van der Waals surface area contributed by atoms with Gasteiger partial charge in [0.25, 0.3) is 0 Å². The van der Waals surface area contributed by atoms with Gasteiger partial charge in [0.2, 0.25) is 0 Å². The zero-order chi connectivity index (χ0) is 11.8. The van der Waals surface area contributed by atoms with Crippen molar-refractivity contribution >= 4 is 27.4 Å². The molecule has 1 aromatic carbocycles. The number of nitrogens with zero attached hydrogens (tertiary/aromatic N) is 3. The van der Waals surface area contributed by atoms with Crippen LogP contribution in [0.25, 0.3) is 15.8 Å². The molecule has 0 aliphatic rings. The first kappa shape index (κ1) is 9.98. The minimum Gasteiger partial charge on any atom is -0.477 e. The average molecular weight is 245 g/mol. The maximum atomic E-state index is 10.9. The Balaban J connectivity index is 2.16. The fourth-order valence-corrected chi connectivity index (χ4v) is 2.55. The van der Waals surface area contributed by atoms with Crippen molar-refractivity contribution < 1.29 is 9.90 Å². The molecule has 1 N–H and O–H groups in total. The van der Waals surface area contributed by atoms with Crippen LogP contribution in [-0.4, -0.2) is 26.1 Å². The minimum absolute atomic E-state index is 0.343. The van der Waals surface area contributed by atoms with Gasteiger partial charge in [-0.3, -0.25) is 0 Å². The van der Waals surface area contributed by atoms with E-state index in [1.807, 2.05) is 18.2 Å². The summed E-state index contributed by atoms with van der Waals surface area (Å²) in [6.45, 7) is 0. The van der Waals surface area contributed by atoms with Crippen molar-refractivity contribution in [3.63, 3.8) is 0 Å². The van der Waals surface area contributed by atoms with E-state index >= 15 is 0 Å². The smallest absolute Gasteiger partial charge is 0.345 e. The number of carbonyl (C=O) groups is 1. The second-order valence-corrected chi connectivity index (χ2v) is 4.57. The summed E-state index contributed by atoms with van der Waals surface area (Å²) in [5.41, 5.74) is 0.869. The second-order valence-electron chi connectivity index (χ2n) is 3.49. The average Bonchev–Trinajstić information content (AvgIpc) is 2.97. The van der Waals surface area contributed by atoms with Crippen LogP contribution < -0.4 is 0 Å². The van der Waals surface area contributed by atoms with Gasteiger partial charge >= 0.3 is 5.97 Å². The molecule has 0 fully saturated rings. The third kappa shape index (κ3) is 1.68. The van der Waals surface area contributed by atoms with Gasteiger partial charge in [0.05, 0.1) is 18.1 Å². The highest BCUT2D eigenvalue weighted by molar-refractivity contribution is 7.20. The van der Waals surface area contributed by atoms with Crippen LogP contribution in [0.5, 0.6) is 0 Å². The molecule has 84 valence electrons. The molecule has 3 rings (SSSR count). The van der Waals surface area contributed by atoms with Crippen molar-refractivity contribution in [1.82, 2.24) is 15.0 Å². The topological polar surface area (TPSA) is 68.0 Å². The van der Waals surface area contributed by atoms with Gasteiger partial charge in [-0.05, 0) is 23.6 Å². The molecule has 0 unspecified atom stereocenters. The van der Waals surface area contributed by atoms with E-state index in [1.54, 1.807) is 23.1 Å². The second kappa shape index (κ2) is 3.67. The number of aromatic carboxylic acids is 1. The standard InChI is InChI=1S/C11H7N3O2S/c15-11(16)10-5-7-1-2-8(6-9(7)17-10)14-4-3-12-13-14/h1-6H,(H,15,16). The highest BCUT2D eigenvalue weighted by Crippen LogP contribution is 2.27. The molecule has 0 atom stereocenters. The predicted molar refractivity (Wildman–Crippen MR) is 63.7 cm³/mol. The van der Waals surface area contributed by atoms with E-state index in [0.717, 1.165) is 15.8 Å². The number of thiophene rings is 1. The Morgan fingerprint density at radius 1 is 1.35 bits per heavy atom. The summed E-state index contributed by atoms with van der Waals surface area (Å²) < 4.78 is 2.56. The Bertz CT molecular complexity index is 688. The number of hydrogen-bond acceptors (Lipinski definition) is 4. The molecule has 6 heteroatoms. The fourth-order valence-electron chi connectivity index (χ4n) is 1.61. The molecule has 0 bridgehead atoms. The van der Waals surface area contributed by atoms with Crippen molar-refractivity contribution in [3.8, 4) is 5.69 Å². The predicted octanol–water partition coefficient (Wildman–Crippen LogP) is 2.18. The van der Waals surface area contributed by atoms with E-state index in [1.165, 1.54) is 11.3 Å². The van der Waals surface area contributed by atoms with E-state index in [-0.39, 0.29) is 0 Å². The van der Waals surface area contributed by atoms with Gasteiger partial charge in [0, 0.05) is 4.70 Å². The monoisotopic (exact) mass is 245 g/mol. The molecule has 0 aliphatic carbocycles. The first-order valence-corrected chi connectivity index (χ1v) is 5.69. The van der Waals surface area contributed by atoms with Crippen molar-refractivity contribution in [2.75, 3.05) is 0 Å². The molecule has 5 nitrogen and oxygen atoms in total. The number of carboxylic acid groups (broad SMARTS) is 1. The van der Waals surface area contributed by atoms with Crippen LogP contribution in [0.1, 0.15) is 9.67 Å². The number of hydrogen-bond donors (Lipinski definition) is 1. The highest BCUT2D eigenvalue weighted by atomic mass is 32.1. The molecular formula is C11H7N3O2S. The number of aromatic nitrogens is 3. The van der Waals surface area contributed by atoms with Crippen LogP contribution in [0.2, 0.25) is 0 Å². The SMILES string of the molecule is O=C(O)c1cc2ccc(-n3ccnn3)cc2s1. The zero-order valence-electron chi connectivity index (χ0n) is 8.57. The van der Waals surface area contributed by atoms with Crippen LogP contribution in [0, 0.1) is 0 Å². The normalized spacial score (nSPS) is 10.8. The molecular weight excluding hydrogens is 238 g/mol. The molecule has 2 heterocycles. The lowest BCUT2D eigenvalue weighted by atomic mass is 10.2. The Morgan fingerprint density at radius 3 is 2.94 bits per heavy atom. The maximum absolute atomic E-state index is 10.9. The first-order valence-electron chi connectivity index (χ1n) is 4.87. The lowest BCUT2D eigenvalue weighted by Crippen LogP contribution is -1.93. The summed E-state index contributed by atoms with van der Waals surface area (Å²) in [7, 11) is 0. The lowest BCUT2D eigenvalue weighted by Gasteiger charge is -1.98. The van der Waals surface area contributed by atoms with E-state index in [9.17, 15) is 4.79 Å². The summed E-state index contributed by atoms with van der Waals surface area (Å²) in [6.07, 6.45) is 3.34. The van der Waals surface area contributed by atoms with Crippen LogP contribution >= 0.6 is 11.3 Å². The Hall–Kier alpha value is -2.21. The molecule has 0 saturated heterocycles. The van der Waals surface area contributed by atoms with Crippen molar-refractivity contribution in [3.05, 3.63) is 41.5 Å². The summed E-state index contributed by atoms with van der Waals surface area (Å²) in [6, 6.07) is 7.35. The molecule has 0 spiro atoms. The van der Waals surface area contributed by atoms with Gasteiger partial charge in [-0.2, -0.15) is 0 Å². The molecule has 0 aliphatic heterocycles. The molecule has 2 aromatic heterocycles. The Kier molecular flexibility index (Phi) is 2.15. The van der Waals surface area contributed by atoms with Gasteiger partial charge in [-0.15, -0.1) is 16.4 Å². The largest absolute Gasteiger partial charge is 0.477 e. The fraction of sp³-hybridized carbons (Fsp3) is 0. The quantitative estimate of drug-likeness (QED) is 0.751. The maximum Gasteiger partial charge on any atom is 0.345 e. The van der Waals surface area contributed by atoms with E-state index in [4.69, 9.17) is 5.11 Å². The lowest BCUT2D eigenvalue weighted by molar-refractivity contribution is 0.0702.